The van der Waals surface area contributed by atoms with E-state index in [9.17, 15) is 9.18 Å². The molecule has 0 N–H and O–H groups in total. The number of benzene rings is 2. The molecule has 2 aliphatic heterocycles. The van der Waals surface area contributed by atoms with Crippen molar-refractivity contribution in [3.8, 4) is 0 Å². The molecule has 2 aliphatic rings. The van der Waals surface area contributed by atoms with Crippen LogP contribution in [0.5, 0.6) is 0 Å². The molecule has 0 aliphatic carbocycles. The molecule has 4 heteroatoms. The Morgan fingerprint density at radius 2 is 1.68 bits per heavy atom. The SMILES string of the molecule is O=C1C(c2ccccc2)=COC12CCN(Cc1ccc(F)cc1)CC2. The molecule has 0 unspecified atom stereocenters. The van der Waals surface area contributed by atoms with Crippen LogP contribution in [0.2, 0.25) is 0 Å². The van der Waals surface area contributed by atoms with Gasteiger partial charge in [0.2, 0.25) is 5.78 Å². The van der Waals surface area contributed by atoms with Crippen LogP contribution in [-0.2, 0) is 16.1 Å². The van der Waals surface area contributed by atoms with Gasteiger partial charge in [0.15, 0.2) is 5.60 Å². The van der Waals surface area contributed by atoms with E-state index in [1.807, 2.05) is 42.5 Å². The monoisotopic (exact) mass is 337 g/mol. The molecule has 0 amide bonds. The number of halogens is 1. The van der Waals surface area contributed by atoms with Gasteiger partial charge in [-0.05, 0) is 23.3 Å². The van der Waals surface area contributed by atoms with Gasteiger partial charge in [-0.3, -0.25) is 9.69 Å². The van der Waals surface area contributed by atoms with Crippen molar-refractivity contribution in [3.63, 3.8) is 0 Å². The number of Topliss-reactive ketones (excluding diaryl/α,β-unsaturated/α-hetero) is 1. The van der Waals surface area contributed by atoms with E-state index in [2.05, 4.69) is 4.90 Å². The van der Waals surface area contributed by atoms with Crippen LogP contribution in [0.3, 0.4) is 0 Å². The van der Waals surface area contributed by atoms with Crippen LogP contribution in [-0.4, -0.2) is 29.4 Å². The Balaban J connectivity index is 1.40. The predicted octanol–water partition coefficient (Wildman–Crippen LogP) is 3.80. The molecule has 2 aromatic rings. The Kier molecular flexibility index (Phi) is 4.14. The number of hydrogen-bond donors (Lipinski definition) is 0. The van der Waals surface area contributed by atoms with Gasteiger partial charge in [0.1, 0.15) is 5.82 Å². The Labute approximate surface area is 146 Å². The van der Waals surface area contributed by atoms with Crippen molar-refractivity contribution in [2.24, 2.45) is 0 Å². The summed E-state index contributed by atoms with van der Waals surface area (Å²) in [6.07, 6.45) is 2.99. The van der Waals surface area contributed by atoms with Crippen molar-refractivity contribution < 1.29 is 13.9 Å². The maximum Gasteiger partial charge on any atom is 0.210 e. The van der Waals surface area contributed by atoms with Crippen molar-refractivity contribution >= 4 is 11.4 Å². The maximum atomic E-state index is 13.0. The first-order valence-electron chi connectivity index (χ1n) is 8.61. The summed E-state index contributed by atoms with van der Waals surface area (Å²) in [5, 5.41) is 0. The van der Waals surface area contributed by atoms with E-state index in [0.29, 0.717) is 18.4 Å². The molecule has 2 heterocycles. The van der Waals surface area contributed by atoms with Crippen LogP contribution in [0, 0.1) is 5.82 Å². The van der Waals surface area contributed by atoms with E-state index in [0.717, 1.165) is 30.8 Å². The third kappa shape index (κ3) is 3.10. The molecule has 1 spiro atoms. The van der Waals surface area contributed by atoms with E-state index in [1.165, 1.54) is 12.1 Å². The number of carbonyl (C=O) groups excluding carboxylic acids is 1. The Bertz CT molecular complexity index is 790. The van der Waals surface area contributed by atoms with Crippen molar-refractivity contribution in [3.05, 3.63) is 77.8 Å². The lowest BCUT2D eigenvalue weighted by molar-refractivity contribution is -0.133. The van der Waals surface area contributed by atoms with E-state index in [4.69, 9.17) is 4.74 Å². The zero-order valence-corrected chi connectivity index (χ0v) is 14.0. The fourth-order valence-electron chi connectivity index (χ4n) is 3.61. The van der Waals surface area contributed by atoms with Gasteiger partial charge in [0.25, 0.3) is 0 Å². The van der Waals surface area contributed by atoms with Crippen molar-refractivity contribution in [1.82, 2.24) is 4.90 Å². The van der Waals surface area contributed by atoms with Crippen LogP contribution >= 0.6 is 0 Å². The Morgan fingerprint density at radius 3 is 2.36 bits per heavy atom. The largest absolute Gasteiger partial charge is 0.486 e. The van der Waals surface area contributed by atoms with Crippen molar-refractivity contribution in [1.29, 1.82) is 0 Å². The normalized spacial score (nSPS) is 19.7. The highest BCUT2D eigenvalue weighted by atomic mass is 19.1. The molecule has 2 aromatic carbocycles. The molecule has 1 saturated heterocycles. The molecule has 25 heavy (non-hydrogen) atoms. The fraction of sp³-hybridized carbons (Fsp3) is 0.286. The number of piperidine rings is 1. The maximum absolute atomic E-state index is 13.0. The quantitative estimate of drug-likeness (QED) is 0.853. The minimum Gasteiger partial charge on any atom is -0.486 e. The zero-order chi connectivity index (χ0) is 17.3. The average molecular weight is 337 g/mol. The van der Waals surface area contributed by atoms with Gasteiger partial charge >= 0.3 is 0 Å². The summed E-state index contributed by atoms with van der Waals surface area (Å²) in [5.41, 5.74) is 1.97. The topological polar surface area (TPSA) is 29.5 Å². The predicted molar refractivity (Wildman–Crippen MR) is 94.2 cm³/mol. The van der Waals surface area contributed by atoms with Gasteiger partial charge in [0.05, 0.1) is 11.8 Å². The lowest BCUT2D eigenvalue weighted by Gasteiger charge is -2.37. The highest BCUT2D eigenvalue weighted by Gasteiger charge is 2.47. The summed E-state index contributed by atoms with van der Waals surface area (Å²) in [7, 11) is 0. The van der Waals surface area contributed by atoms with Gasteiger partial charge in [0, 0.05) is 32.5 Å². The average Bonchev–Trinajstić information content (AvgIpc) is 2.96. The number of ketones is 1. The zero-order valence-electron chi connectivity index (χ0n) is 14.0. The van der Waals surface area contributed by atoms with Crippen molar-refractivity contribution in [2.45, 2.75) is 25.0 Å². The molecule has 1 fully saturated rings. The summed E-state index contributed by atoms with van der Waals surface area (Å²) in [6.45, 7) is 2.35. The minimum absolute atomic E-state index is 0.0973. The summed E-state index contributed by atoms with van der Waals surface area (Å²) in [5.74, 6) is -0.119. The molecule has 3 nitrogen and oxygen atoms in total. The smallest absolute Gasteiger partial charge is 0.210 e. The Hall–Kier alpha value is -2.46. The van der Waals surface area contributed by atoms with Crippen LogP contribution in [0.1, 0.15) is 24.0 Å². The second-order valence-electron chi connectivity index (χ2n) is 6.74. The summed E-state index contributed by atoms with van der Waals surface area (Å²) < 4.78 is 18.9. The minimum atomic E-state index is -0.704. The van der Waals surface area contributed by atoms with Gasteiger partial charge in [-0.1, -0.05) is 42.5 Å². The summed E-state index contributed by atoms with van der Waals surface area (Å²) in [6, 6.07) is 16.3. The first-order chi connectivity index (χ1) is 12.2. The second-order valence-corrected chi connectivity index (χ2v) is 6.74. The standard InChI is InChI=1S/C21H20FNO2/c22-18-8-6-16(7-9-18)14-23-12-10-21(11-13-23)20(24)19(15-25-21)17-4-2-1-3-5-17/h1-9,15H,10-14H2. The number of nitrogens with zero attached hydrogens (tertiary/aromatic N) is 1. The molecular weight excluding hydrogens is 317 g/mol. The number of ether oxygens (including phenoxy) is 1. The van der Waals surface area contributed by atoms with Gasteiger partial charge in [-0.25, -0.2) is 4.39 Å². The summed E-state index contributed by atoms with van der Waals surface area (Å²) in [4.78, 5) is 15.2. The van der Waals surface area contributed by atoms with Gasteiger partial charge in [-0.15, -0.1) is 0 Å². The lowest BCUT2D eigenvalue weighted by Crippen LogP contribution is -2.48. The number of likely N-dealkylation sites (tertiary alicyclic amines) is 1. The molecule has 0 atom stereocenters. The number of rotatable bonds is 3. The van der Waals surface area contributed by atoms with E-state index >= 15 is 0 Å². The number of hydrogen-bond acceptors (Lipinski definition) is 3. The molecule has 0 aromatic heterocycles. The van der Waals surface area contributed by atoms with Crippen LogP contribution in [0.15, 0.2) is 60.9 Å². The fourth-order valence-corrected chi connectivity index (χ4v) is 3.61. The molecule has 128 valence electrons. The van der Waals surface area contributed by atoms with Crippen LogP contribution in [0.4, 0.5) is 4.39 Å². The highest BCUT2D eigenvalue weighted by Crippen LogP contribution is 2.38. The molecule has 0 saturated carbocycles. The second kappa shape index (κ2) is 6.45. The number of carbonyl (C=O) groups is 1. The van der Waals surface area contributed by atoms with E-state index in [1.54, 1.807) is 6.26 Å². The van der Waals surface area contributed by atoms with Crippen molar-refractivity contribution in [2.75, 3.05) is 13.1 Å². The van der Waals surface area contributed by atoms with Gasteiger partial charge in [-0.2, -0.15) is 0 Å². The highest BCUT2D eigenvalue weighted by molar-refractivity contribution is 6.26. The molecule has 0 bridgehead atoms. The van der Waals surface area contributed by atoms with E-state index < -0.39 is 5.60 Å². The molecule has 4 rings (SSSR count). The van der Waals surface area contributed by atoms with E-state index in [-0.39, 0.29) is 11.6 Å². The Morgan fingerprint density at radius 1 is 1.00 bits per heavy atom. The third-order valence-electron chi connectivity index (χ3n) is 5.13. The summed E-state index contributed by atoms with van der Waals surface area (Å²) >= 11 is 0. The first-order valence-corrected chi connectivity index (χ1v) is 8.61. The lowest BCUT2D eigenvalue weighted by atomic mass is 9.84. The molecular formula is C21H20FNO2. The van der Waals surface area contributed by atoms with Gasteiger partial charge < -0.3 is 4.74 Å². The first kappa shape index (κ1) is 16.0. The van der Waals surface area contributed by atoms with Crippen LogP contribution < -0.4 is 0 Å². The molecule has 0 radical (unpaired) electrons. The van der Waals surface area contributed by atoms with Crippen LogP contribution in [0.25, 0.3) is 5.57 Å². The third-order valence-corrected chi connectivity index (χ3v) is 5.13.